The Bertz CT molecular complexity index is 188. The molecule has 0 spiro atoms. The van der Waals surface area contributed by atoms with E-state index >= 15 is 0 Å². The molecule has 0 saturated heterocycles. The monoisotopic (exact) mass is 215 g/mol. The molecule has 1 amide bonds. The number of hydrogen-bond donors (Lipinski definition) is 2. The standard InChI is InChI=1S/C11H21NO3/c1-9(13)7-12-11(14)8-15-10-5-3-2-4-6-10/h9-10,13H,2-8H2,1H3,(H,12,14). The van der Waals surface area contributed by atoms with Gasteiger partial charge in [0.2, 0.25) is 5.91 Å². The highest BCUT2D eigenvalue weighted by molar-refractivity contribution is 5.77. The highest BCUT2D eigenvalue weighted by atomic mass is 16.5. The number of amides is 1. The van der Waals surface area contributed by atoms with Gasteiger partial charge in [0, 0.05) is 6.54 Å². The molecule has 0 aromatic carbocycles. The molecule has 1 aliphatic rings. The molecule has 1 atom stereocenters. The molecule has 1 saturated carbocycles. The molecule has 1 unspecified atom stereocenters. The van der Waals surface area contributed by atoms with Gasteiger partial charge in [0.25, 0.3) is 0 Å². The lowest BCUT2D eigenvalue weighted by Crippen LogP contribution is -2.34. The molecule has 0 radical (unpaired) electrons. The summed E-state index contributed by atoms with van der Waals surface area (Å²) in [6.45, 7) is 2.06. The summed E-state index contributed by atoms with van der Waals surface area (Å²) in [6, 6.07) is 0. The first-order valence-corrected chi connectivity index (χ1v) is 5.75. The Morgan fingerprint density at radius 2 is 2.13 bits per heavy atom. The van der Waals surface area contributed by atoms with Crippen LogP contribution >= 0.6 is 0 Å². The van der Waals surface area contributed by atoms with E-state index in [4.69, 9.17) is 9.84 Å². The summed E-state index contributed by atoms with van der Waals surface area (Å²) in [5, 5.41) is 11.6. The van der Waals surface area contributed by atoms with E-state index in [9.17, 15) is 4.79 Å². The summed E-state index contributed by atoms with van der Waals surface area (Å²) in [6.07, 6.45) is 5.61. The maximum Gasteiger partial charge on any atom is 0.246 e. The Kier molecular flexibility index (Phi) is 5.65. The second kappa shape index (κ2) is 6.80. The minimum Gasteiger partial charge on any atom is -0.392 e. The summed E-state index contributed by atoms with van der Waals surface area (Å²) in [7, 11) is 0. The Hall–Kier alpha value is -0.610. The van der Waals surface area contributed by atoms with Crippen LogP contribution in [0, 0.1) is 0 Å². The second-order valence-electron chi connectivity index (χ2n) is 4.22. The van der Waals surface area contributed by atoms with Crippen LogP contribution in [0.4, 0.5) is 0 Å². The molecule has 0 heterocycles. The lowest BCUT2D eigenvalue weighted by atomic mass is 9.98. The largest absolute Gasteiger partial charge is 0.392 e. The van der Waals surface area contributed by atoms with Crippen molar-refractivity contribution >= 4 is 5.91 Å². The van der Waals surface area contributed by atoms with Gasteiger partial charge < -0.3 is 15.2 Å². The van der Waals surface area contributed by atoms with Crippen LogP contribution in [0.2, 0.25) is 0 Å². The Morgan fingerprint density at radius 1 is 1.47 bits per heavy atom. The molecule has 4 heteroatoms. The number of nitrogens with one attached hydrogen (secondary N) is 1. The smallest absolute Gasteiger partial charge is 0.246 e. The molecule has 1 aliphatic carbocycles. The van der Waals surface area contributed by atoms with E-state index in [-0.39, 0.29) is 18.6 Å². The van der Waals surface area contributed by atoms with Crippen LogP contribution in [0.5, 0.6) is 0 Å². The zero-order valence-electron chi connectivity index (χ0n) is 9.37. The molecule has 0 aromatic heterocycles. The summed E-state index contributed by atoms with van der Waals surface area (Å²) in [5.41, 5.74) is 0. The van der Waals surface area contributed by atoms with Crippen molar-refractivity contribution in [3.8, 4) is 0 Å². The fraction of sp³-hybridized carbons (Fsp3) is 0.909. The average molecular weight is 215 g/mol. The molecule has 1 fully saturated rings. The fourth-order valence-electron chi connectivity index (χ4n) is 1.74. The lowest BCUT2D eigenvalue weighted by molar-refractivity contribution is -0.128. The Morgan fingerprint density at radius 3 is 2.73 bits per heavy atom. The van der Waals surface area contributed by atoms with Crippen LogP contribution in [0.15, 0.2) is 0 Å². The van der Waals surface area contributed by atoms with Crippen LogP contribution in [0.1, 0.15) is 39.0 Å². The first kappa shape index (κ1) is 12.5. The van der Waals surface area contributed by atoms with Gasteiger partial charge in [-0.3, -0.25) is 4.79 Å². The van der Waals surface area contributed by atoms with Crippen molar-refractivity contribution < 1.29 is 14.6 Å². The van der Waals surface area contributed by atoms with E-state index in [1.807, 2.05) is 0 Å². The SMILES string of the molecule is CC(O)CNC(=O)COC1CCCCC1. The zero-order chi connectivity index (χ0) is 11.1. The fourth-order valence-corrected chi connectivity index (χ4v) is 1.74. The number of aliphatic hydroxyl groups excluding tert-OH is 1. The number of ether oxygens (including phenoxy) is 1. The normalized spacial score (nSPS) is 19.9. The molecule has 15 heavy (non-hydrogen) atoms. The molecule has 1 rings (SSSR count). The van der Waals surface area contributed by atoms with E-state index in [2.05, 4.69) is 5.32 Å². The van der Waals surface area contributed by atoms with Gasteiger partial charge in [-0.1, -0.05) is 19.3 Å². The molecule has 2 N–H and O–H groups in total. The molecule has 0 aliphatic heterocycles. The van der Waals surface area contributed by atoms with E-state index in [0.717, 1.165) is 12.8 Å². The maximum atomic E-state index is 11.2. The third-order valence-electron chi connectivity index (χ3n) is 2.60. The van der Waals surface area contributed by atoms with Gasteiger partial charge in [0.1, 0.15) is 6.61 Å². The molecular formula is C11H21NO3. The van der Waals surface area contributed by atoms with Gasteiger partial charge in [-0.05, 0) is 19.8 Å². The first-order chi connectivity index (χ1) is 7.18. The van der Waals surface area contributed by atoms with Gasteiger partial charge in [-0.15, -0.1) is 0 Å². The summed E-state index contributed by atoms with van der Waals surface area (Å²) in [4.78, 5) is 11.2. The first-order valence-electron chi connectivity index (χ1n) is 5.75. The summed E-state index contributed by atoms with van der Waals surface area (Å²) < 4.78 is 5.48. The molecule has 0 bridgehead atoms. The van der Waals surface area contributed by atoms with E-state index in [1.165, 1.54) is 19.3 Å². The molecule has 0 aromatic rings. The number of carbonyl (C=O) groups excluding carboxylic acids is 1. The van der Waals surface area contributed by atoms with Crippen LogP contribution < -0.4 is 5.32 Å². The highest BCUT2D eigenvalue weighted by Crippen LogP contribution is 2.19. The minimum absolute atomic E-state index is 0.122. The predicted molar refractivity (Wildman–Crippen MR) is 57.5 cm³/mol. The van der Waals surface area contributed by atoms with Crippen molar-refractivity contribution in [3.05, 3.63) is 0 Å². The number of carbonyl (C=O) groups is 1. The van der Waals surface area contributed by atoms with E-state index < -0.39 is 6.10 Å². The van der Waals surface area contributed by atoms with Crippen LogP contribution in [0.3, 0.4) is 0 Å². The van der Waals surface area contributed by atoms with Crippen LogP contribution in [-0.2, 0) is 9.53 Å². The molecular weight excluding hydrogens is 194 g/mol. The maximum absolute atomic E-state index is 11.2. The second-order valence-corrected chi connectivity index (χ2v) is 4.22. The molecule has 88 valence electrons. The topological polar surface area (TPSA) is 58.6 Å². The summed E-state index contributed by atoms with van der Waals surface area (Å²) in [5.74, 6) is -0.138. The Balaban J connectivity index is 2.05. The van der Waals surface area contributed by atoms with Crippen molar-refractivity contribution in [2.24, 2.45) is 0 Å². The van der Waals surface area contributed by atoms with Gasteiger partial charge >= 0.3 is 0 Å². The zero-order valence-corrected chi connectivity index (χ0v) is 9.37. The van der Waals surface area contributed by atoms with Crippen molar-refractivity contribution in [2.45, 2.75) is 51.2 Å². The number of hydrogen-bond acceptors (Lipinski definition) is 3. The summed E-state index contributed by atoms with van der Waals surface area (Å²) >= 11 is 0. The number of aliphatic hydroxyl groups is 1. The van der Waals surface area contributed by atoms with E-state index in [0.29, 0.717) is 6.54 Å². The highest BCUT2D eigenvalue weighted by Gasteiger charge is 2.14. The predicted octanol–water partition coefficient (Wildman–Crippen LogP) is 0.833. The third kappa shape index (κ3) is 5.74. The van der Waals surface area contributed by atoms with Crippen molar-refractivity contribution in [1.82, 2.24) is 5.32 Å². The van der Waals surface area contributed by atoms with Crippen LogP contribution in [-0.4, -0.2) is 36.4 Å². The van der Waals surface area contributed by atoms with Crippen molar-refractivity contribution in [3.63, 3.8) is 0 Å². The average Bonchev–Trinajstić information content (AvgIpc) is 2.25. The third-order valence-corrected chi connectivity index (χ3v) is 2.60. The van der Waals surface area contributed by atoms with Gasteiger partial charge in [0.05, 0.1) is 12.2 Å². The number of rotatable bonds is 5. The van der Waals surface area contributed by atoms with Gasteiger partial charge in [0.15, 0.2) is 0 Å². The minimum atomic E-state index is -0.497. The van der Waals surface area contributed by atoms with Gasteiger partial charge in [-0.25, -0.2) is 0 Å². The quantitative estimate of drug-likeness (QED) is 0.714. The molecule has 4 nitrogen and oxygen atoms in total. The van der Waals surface area contributed by atoms with Gasteiger partial charge in [-0.2, -0.15) is 0 Å². The van der Waals surface area contributed by atoms with Crippen molar-refractivity contribution in [2.75, 3.05) is 13.2 Å². The van der Waals surface area contributed by atoms with E-state index in [1.54, 1.807) is 6.92 Å². The van der Waals surface area contributed by atoms with Crippen LogP contribution in [0.25, 0.3) is 0 Å². The lowest BCUT2D eigenvalue weighted by Gasteiger charge is -2.21. The Labute approximate surface area is 91.0 Å². The van der Waals surface area contributed by atoms with Crippen molar-refractivity contribution in [1.29, 1.82) is 0 Å².